The Morgan fingerprint density at radius 2 is 1.86 bits per heavy atom. The molecule has 1 heterocycles. The first kappa shape index (κ1) is 21.9. The number of H-pyrrole nitrogens is 1. The van der Waals surface area contributed by atoms with Crippen LogP contribution in [-0.4, -0.2) is 53.2 Å². The number of anilines is 1. The number of likely N-dealkylation sites (N-methyl/N-ethyl adjacent to an activating group) is 1. The molecule has 0 saturated carbocycles. The van der Waals surface area contributed by atoms with E-state index in [0.29, 0.717) is 22.5 Å². The summed E-state index contributed by atoms with van der Waals surface area (Å²) in [4.78, 5) is 42.9. The molecule has 2 N–H and O–H groups in total. The molecule has 150 valence electrons. The van der Waals surface area contributed by atoms with Gasteiger partial charge >= 0.3 is 0 Å². The molecule has 0 aliphatic rings. The van der Waals surface area contributed by atoms with Crippen LogP contribution < -0.4 is 5.32 Å². The van der Waals surface area contributed by atoms with Crippen LogP contribution in [0.15, 0.2) is 29.2 Å². The molecule has 0 aliphatic carbocycles. The maximum Gasteiger partial charge on any atom is 0.238 e. The summed E-state index contributed by atoms with van der Waals surface area (Å²) in [5.74, 6) is -0.404. The Balaban J connectivity index is 2.09. The molecular formula is C21H27N3O3S. The first-order valence-corrected chi connectivity index (χ1v) is 10.3. The fraction of sp³-hybridized carbons (Fsp3) is 0.381. The van der Waals surface area contributed by atoms with Crippen molar-refractivity contribution in [2.45, 2.75) is 38.6 Å². The number of nitrogens with zero attached hydrogens (tertiary/aromatic N) is 1. The average Bonchev–Trinajstić information content (AvgIpc) is 2.95. The summed E-state index contributed by atoms with van der Waals surface area (Å²) < 4.78 is 0. The molecule has 2 rings (SSSR count). The molecule has 1 aromatic heterocycles. The third-order valence-electron chi connectivity index (χ3n) is 4.85. The van der Waals surface area contributed by atoms with Gasteiger partial charge in [0.25, 0.3) is 0 Å². The van der Waals surface area contributed by atoms with Crippen molar-refractivity contribution in [2.75, 3.05) is 25.2 Å². The van der Waals surface area contributed by atoms with Gasteiger partial charge in [0.2, 0.25) is 5.91 Å². The molecule has 1 unspecified atom stereocenters. The lowest BCUT2D eigenvalue weighted by Gasteiger charge is -2.23. The van der Waals surface area contributed by atoms with E-state index in [9.17, 15) is 14.4 Å². The van der Waals surface area contributed by atoms with Crippen LogP contribution in [0.2, 0.25) is 0 Å². The Morgan fingerprint density at radius 3 is 2.43 bits per heavy atom. The first-order chi connectivity index (χ1) is 13.2. The van der Waals surface area contributed by atoms with Crippen LogP contribution in [-0.2, 0) is 4.79 Å². The van der Waals surface area contributed by atoms with E-state index in [-0.39, 0.29) is 24.0 Å². The molecule has 2 aromatic rings. The zero-order valence-electron chi connectivity index (χ0n) is 17.2. The van der Waals surface area contributed by atoms with Gasteiger partial charge in [-0.2, -0.15) is 0 Å². The van der Waals surface area contributed by atoms with Crippen LogP contribution in [0.3, 0.4) is 0 Å². The van der Waals surface area contributed by atoms with Crippen LogP contribution in [0, 0.1) is 13.8 Å². The van der Waals surface area contributed by atoms with Crippen molar-refractivity contribution in [3.8, 4) is 0 Å². The number of carbonyl (C=O) groups excluding carboxylic acids is 3. The van der Waals surface area contributed by atoms with Gasteiger partial charge in [-0.3, -0.25) is 19.3 Å². The second-order valence-electron chi connectivity index (χ2n) is 6.88. The van der Waals surface area contributed by atoms with Crippen molar-refractivity contribution in [1.82, 2.24) is 9.88 Å². The zero-order valence-corrected chi connectivity index (χ0v) is 18.0. The minimum absolute atomic E-state index is 0.0712. The summed E-state index contributed by atoms with van der Waals surface area (Å²) in [7, 11) is 1.74. The lowest BCUT2D eigenvalue weighted by molar-refractivity contribution is -0.117. The molecule has 28 heavy (non-hydrogen) atoms. The van der Waals surface area contributed by atoms with Crippen molar-refractivity contribution in [1.29, 1.82) is 0 Å². The molecule has 7 heteroatoms. The molecule has 1 atom stereocenters. The summed E-state index contributed by atoms with van der Waals surface area (Å²) in [6.45, 7) is 6.88. The van der Waals surface area contributed by atoms with Crippen molar-refractivity contribution in [3.63, 3.8) is 0 Å². The molecule has 0 fully saturated rings. The lowest BCUT2D eigenvalue weighted by atomic mass is 10.0. The maximum absolute atomic E-state index is 12.9. The van der Waals surface area contributed by atoms with Crippen LogP contribution in [0.25, 0.3) is 0 Å². The third kappa shape index (κ3) is 4.72. The van der Waals surface area contributed by atoms with E-state index in [0.717, 1.165) is 10.6 Å². The molecule has 1 amide bonds. The molecule has 0 spiro atoms. The van der Waals surface area contributed by atoms with Gasteiger partial charge in [-0.1, -0.05) is 12.1 Å². The number of para-hydroxylation sites is 1. The van der Waals surface area contributed by atoms with Gasteiger partial charge in [0, 0.05) is 16.2 Å². The number of thioether (sulfide) groups is 1. The van der Waals surface area contributed by atoms with Crippen molar-refractivity contribution < 1.29 is 14.4 Å². The maximum atomic E-state index is 12.9. The highest BCUT2D eigenvalue weighted by molar-refractivity contribution is 7.98. The average molecular weight is 402 g/mol. The topological polar surface area (TPSA) is 82.3 Å². The van der Waals surface area contributed by atoms with Gasteiger partial charge in [0.1, 0.15) is 0 Å². The van der Waals surface area contributed by atoms with Gasteiger partial charge in [0.05, 0.1) is 24.0 Å². The number of aromatic nitrogens is 1. The lowest BCUT2D eigenvalue weighted by Crippen LogP contribution is -2.41. The number of hydrogen-bond acceptors (Lipinski definition) is 5. The Labute approximate surface area is 170 Å². The molecule has 0 saturated heterocycles. The highest BCUT2D eigenvalue weighted by atomic mass is 32.2. The molecule has 0 aliphatic heterocycles. The van der Waals surface area contributed by atoms with Gasteiger partial charge in [-0.05, 0) is 58.7 Å². The number of amides is 1. The second-order valence-corrected chi connectivity index (χ2v) is 7.73. The molecular weight excluding hydrogens is 374 g/mol. The standard InChI is InChI=1S/C21H27N3O3S/c1-12-19(15(4)25)13(2)22-20(12)21(27)14(3)24(5)11-18(26)23-16-9-7-8-10-17(16)28-6/h7-10,14,22H,11H2,1-6H3,(H,23,26). The summed E-state index contributed by atoms with van der Waals surface area (Å²) in [6, 6.07) is 7.07. The molecule has 6 nitrogen and oxygen atoms in total. The number of benzene rings is 1. The summed E-state index contributed by atoms with van der Waals surface area (Å²) in [5, 5.41) is 2.90. The van der Waals surface area contributed by atoms with E-state index in [1.165, 1.54) is 6.92 Å². The van der Waals surface area contributed by atoms with E-state index in [4.69, 9.17) is 0 Å². The van der Waals surface area contributed by atoms with E-state index in [1.54, 1.807) is 44.5 Å². The Kier molecular flexibility index (Phi) is 7.21. The fourth-order valence-electron chi connectivity index (χ4n) is 3.23. The van der Waals surface area contributed by atoms with Crippen LogP contribution in [0.1, 0.15) is 46.0 Å². The summed E-state index contributed by atoms with van der Waals surface area (Å²) in [6.07, 6.45) is 1.95. The van der Waals surface area contributed by atoms with E-state index < -0.39 is 6.04 Å². The van der Waals surface area contributed by atoms with E-state index in [1.807, 2.05) is 30.5 Å². The number of Topliss-reactive ketones (excluding diaryl/α,β-unsaturated/α-hetero) is 2. The van der Waals surface area contributed by atoms with Gasteiger partial charge in [0.15, 0.2) is 11.6 Å². The number of carbonyl (C=O) groups is 3. The first-order valence-electron chi connectivity index (χ1n) is 9.04. The minimum atomic E-state index is -0.516. The van der Waals surface area contributed by atoms with Crippen LogP contribution in [0.5, 0.6) is 0 Å². The number of ketones is 2. The molecule has 1 aromatic carbocycles. The predicted molar refractivity (Wildman–Crippen MR) is 114 cm³/mol. The number of rotatable bonds is 8. The fourth-order valence-corrected chi connectivity index (χ4v) is 3.79. The Morgan fingerprint density at radius 1 is 1.21 bits per heavy atom. The normalized spacial score (nSPS) is 12.1. The van der Waals surface area contributed by atoms with Gasteiger partial charge < -0.3 is 10.3 Å². The largest absolute Gasteiger partial charge is 0.355 e. The quantitative estimate of drug-likeness (QED) is 0.521. The third-order valence-corrected chi connectivity index (χ3v) is 5.65. The minimum Gasteiger partial charge on any atom is -0.355 e. The zero-order chi connectivity index (χ0) is 21.0. The Bertz CT molecular complexity index is 904. The van der Waals surface area contributed by atoms with Crippen LogP contribution in [0.4, 0.5) is 5.69 Å². The highest BCUT2D eigenvalue weighted by Crippen LogP contribution is 2.24. The SMILES string of the molecule is CSc1ccccc1NC(=O)CN(C)C(C)C(=O)c1[nH]c(C)c(C(C)=O)c1C. The number of nitrogens with one attached hydrogen (secondary N) is 2. The van der Waals surface area contributed by atoms with E-state index in [2.05, 4.69) is 10.3 Å². The smallest absolute Gasteiger partial charge is 0.238 e. The van der Waals surface area contributed by atoms with Crippen LogP contribution >= 0.6 is 11.8 Å². The van der Waals surface area contributed by atoms with Gasteiger partial charge in [-0.25, -0.2) is 0 Å². The second kappa shape index (κ2) is 9.21. The van der Waals surface area contributed by atoms with Crippen molar-refractivity contribution in [3.05, 3.63) is 46.8 Å². The van der Waals surface area contributed by atoms with Gasteiger partial charge in [-0.15, -0.1) is 11.8 Å². The Hall–Kier alpha value is -2.38. The van der Waals surface area contributed by atoms with Crippen molar-refractivity contribution >= 4 is 34.9 Å². The summed E-state index contributed by atoms with van der Waals surface area (Å²) >= 11 is 1.56. The number of aryl methyl sites for hydroxylation is 1. The van der Waals surface area contributed by atoms with Crippen molar-refractivity contribution in [2.24, 2.45) is 0 Å². The summed E-state index contributed by atoms with van der Waals surface area (Å²) in [5.41, 5.74) is 3.09. The number of hydrogen-bond donors (Lipinski definition) is 2. The predicted octanol–water partition coefficient (Wildman–Crippen LogP) is 3.70. The monoisotopic (exact) mass is 401 g/mol. The number of aromatic amines is 1. The van der Waals surface area contributed by atoms with E-state index >= 15 is 0 Å². The molecule has 0 radical (unpaired) electrons. The highest BCUT2D eigenvalue weighted by Gasteiger charge is 2.26. The molecule has 0 bridgehead atoms.